The van der Waals surface area contributed by atoms with Crippen LogP contribution in [0.4, 0.5) is 4.79 Å². The molecule has 0 aromatic carbocycles. The first-order valence-corrected chi connectivity index (χ1v) is 7.20. The number of nitrogens with zero attached hydrogens (tertiary/aromatic N) is 2. The van der Waals surface area contributed by atoms with E-state index in [4.69, 9.17) is 0 Å². The maximum Gasteiger partial charge on any atom is 0.319 e. The Hall–Kier alpha value is -1.26. The first kappa shape index (κ1) is 15.8. The summed E-state index contributed by atoms with van der Waals surface area (Å²) in [5, 5.41) is 9.32. The minimum absolute atomic E-state index is 0.0346. The van der Waals surface area contributed by atoms with E-state index in [-0.39, 0.29) is 6.03 Å². The predicted octanol–water partition coefficient (Wildman–Crippen LogP) is 2.42. The lowest BCUT2D eigenvalue weighted by Crippen LogP contribution is -2.42. The number of amides is 2. The standard InChI is InChI=1S/C14H26N2O3/c1-4-6-7-9-15(3)13(19)16-10-8-14(5-2,11-16)12(17)18/h4-11H2,1-3H3,(H,17,18). The van der Waals surface area contributed by atoms with Gasteiger partial charge in [-0.15, -0.1) is 0 Å². The van der Waals surface area contributed by atoms with Gasteiger partial charge in [0.2, 0.25) is 0 Å². The highest BCUT2D eigenvalue weighted by atomic mass is 16.4. The molecule has 0 aromatic heterocycles. The molecule has 1 aliphatic heterocycles. The highest BCUT2D eigenvalue weighted by molar-refractivity contribution is 5.79. The zero-order valence-corrected chi connectivity index (χ0v) is 12.3. The number of urea groups is 1. The molecule has 1 heterocycles. The third-order valence-corrected chi connectivity index (χ3v) is 4.18. The Bertz CT molecular complexity index is 333. The number of hydrogen-bond acceptors (Lipinski definition) is 2. The first-order chi connectivity index (χ1) is 8.96. The van der Waals surface area contributed by atoms with Crippen LogP contribution < -0.4 is 0 Å². The van der Waals surface area contributed by atoms with Gasteiger partial charge in [0.1, 0.15) is 0 Å². The minimum Gasteiger partial charge on any atom is -0.481 e. The summed E-state index contributed by atoms with van der Waals surface area (Å²) in [6.07, 6.45) is 4.39. The molecule has 1 unspecified atom stereocenters. The molecule has 0 spiro atoms. The zero-order valence-electron chi connectivity index (χ0n) is 12.3. The van der Waals surface area contributed by atoms with E-state index in [1.165, 1.54) is 0 Å². The number of aliphatic carboxylic acids is 1. The fourth-order valence-corrected chi connectivity index (χ4v) is 2.59. The molecule has 1 fully saturated rings. The Morgan fingerprint density at radius 1 is 1.32 bits per heavy atom. The molecular formula is C14H26N2O3. The van der Waals surface area contributed by atoms with Crippen molar-refractivity contribution in [1.82, 2.24) is 9.80 Å². The van der Waals surface area contributed by atoms with Crippen molar-refractivity contribution < 1.29 is 14.7 Å². The Morgan fingerprint density at radius 3 is 2.47 bits per heavy atom. The van der Waals surface area contributed by atoms with Crippen LogP contribution in [0, 0.1) is 5.41 Å². The van der Waals surface area contributed by atoms with Gasteiger partial charge in [0, 0.05) is 26.7 Å². The fourth-order valence-electron chi connectivity index (χ4n) is 2.59. The number of rotatable bonds is 6. The summed E-state index contributed by atoms with van der Waals surface area (Å²) in [6.45, 7) is 5.65. The fraction of sp³-hybridized carbons (Fsp3) is 0.857. The number of carboxylic acid groups (broad SMARTS) is 1. The smallest absolute Gasteiger partial charge is 0.319 e. The average molecular weight is 270 g/mol. The summed E-state index contributed by atoms with van der Waals surface area (Å²) in [6, 6.07) is -0.0346. The molecule has 1 saturated heterocycles. The van der Waals surface area contributed by atoms with Gasteiger partial charge in [-0.3, -0.25) is 4.79 Å². The number of carbonyl (C=O) groups is 2. The molecule has 0 bridgehead atoms. The monoisotopic (exact) mass is 270 g/mol. The Kier molecular flexibility index (Phi) is 5.63. The number of hydrogen-bond donors (Lipinski definition) is 1. The van der Waals surface area contributed by atoms with E-state index in [0.717, 1.165) is 25.8 Å². The molecule has 5 heteroatoms. The third kappa shape index (κ3) is 3.61. The van der Waals surface area contributed by atoms with Gasteiger partial charge in [0.25, 0.3) is 0 Å². The molecule has 19 heavy (non-hydrogen) atoms. The van der Waals surface area contributed by atoms with Gasteiger partial charge in [0.05, 0.1) is 5.41 Å². The number of unbranched alkanes of at least 4 members (excludes halogenated alkanes) is 2. The number of likely N-dealkylation sites (tertiary alicyclic amines) is 1. The molecule has 1 rings (SSSR count). The van der Waals surface area contributed by atoms with E-state index in [1.54, 1.807) is 16.8 Å². The van der Waals surface area contributed by atoms with Crippen LogP contribution in [0.5, 0.6) is 0 Å². The number of carbonyl (C=O) groups excluding carboxylic acids is 1. The quantitative estimate of drug-likeness (QED) is 0.754. The molecule has 1 atom stereocenters. The van der Waals surface area contributed by atoms with Crippen LogP contribution >= 0.6 is 0 Å². The maximum atomic E-state index is 12.2. The van der Waals surface area contributed by atoms with E-state index in [9.17, 15) is 14.7 Å². The van der Waals surface area contributed by atoms with Crippen LogP contribution in [0.3, 0.4) is 0 Å². The number of carboxylic acids is 1. The summed E-state index contributed by atoms with van der Waals surface area (Å²) in [5.74, 6) is -0.779. The normalized spacial score (nSPS) is 22.6. The predicted molar refractivity (Wildman–Crippen MR) is 74.1 cm³/mol. The molecule has 0 radical (unpaired) electrons. The third-order valence-electron chi connectivity index (χ3n) is 4.18. The van der Waals surface area contributed by atoms with E-state index < -0.39 is 11.4 Å². The lowest BCUT2D eigenvalue weighted by molar-refractivity contribution is -0.148. The second kappa shape index (κ2) is 6.78. The summed E-state index contributed by atoms with van der Waals surface area (Å²) < 4.78 is 0. The summed E-state index contributed by atoms with van der Waals surface area (Å²) in [7, 11) is 1.80. The van der Waals surface area contributed by atoms with Crippen LogP contribution in [-0.4, -0.2) is 53.6 Å². The largest absolute Gasteiger partial charge is 0.481 e. The Balaban J connectivity index is 2.53. The second-order valence-corrected chi connectivity index (χ2v) is 5.52. The Morgan fingerprint density at radius 2 is 2.00 bits per heavy atom. The van der Waals surface area contributed by atoms with Crippen molar-refractivity contribution in [1.29, 1.82) is 0 Å². The van der Waals surface area contributed by atoms with Crippen molar-refractivity contribution in [2.24, 2.45) is 5.41 Å². The molecule has 5 nitrogen and oxygen atoms in total. The lowest BCUT2D eigenvalue weighted by Gasteiger charge is -2.27. The lowest BCUT2D eigenvalue weighted by atomic mass is 9.84. The van der Waals surface area contributed by atoms with Gasteiger partial charge >= 0.3 is 12.0 Å². The van der Waals surface area contributed by atoms with Gasteiger partial charge in [-0.2, -0.15) is 0 Å². The van der Waals surface area contributed by atoms with Crippen LogP contribution in [0.1, 0.15) is 46.0 Å². The van der Waals surface area contributed by atoms with Crippen LogP contribution in [0.15, 0.2) is 0 Å². The van der Waals surface area contributed by atoms with Crippen molar-refractivity contribution in [3.63, 3.8) is 0 Å². The van der Waals surface area contributed by atoms with E-state index in [1.807, 2.05) is 6.92 Å². The van der Waals surface area contributed by atoms with Crippen LogP contribution in [0.25, 0.3) is 0 Å². The van der Waals surface area contributed by atoms with Gasteiger partial charge in [-0.1, -0.05) is 26.7 Å². The van der Waals surface area contributed by atoms with Gasteiger partial charge in [-0.05, 0) is 19.3 Å². The van der Waals surface area contributed by atoms with Crippen LogP contribution in [0.2, 0.25) is 0 Å². The van der Waals surface area contributed by atoms with Crippen molar-refractivity contribution >= 4 is 12.0 Å². The molecule has 0 aliphatic carbocycles. The molecule has 0 aromatic rings. The van der Waals surface area contributed by atoms with Gasteiger partial charge in [0.15, 0.2) is 0 Å². The molecule has 1 aliphatic rings. The van der Waals surface area contributed by atoms with E-state index in [2.05, 4.69) is 6.92 Å². The van der Waals surface area contributed by atoms with Gasteiger partial charge in [-0.25, -0.2) is 4.79 Å². The van der Waals surface area contributed by atoms with Gasteiger partial charge < -0.3 is 14.9 Å². The molecule has 0 saturated carbocycles. The SMILES string of the molecule is CCCCCN(C)C(=O)N1CCC(CC)(C(=O)O)C1. The highest BCUT2D eigenvalue weighted by Gasteiger charge is 2.45. The topological polar surface area (TPSA) is 60.9 Å². The minimum atomic E-state index is -0.779. The zero-order chi connectivity index (χ0) is 14.5. The summed E-state index contributed by atoms with van der Waals surface area (Å²) >= 11 is 0. The molecular weight excluding hydrogens is 244 g/mol. The first-order valence-electron chi connectivity index (χ1n) is 7.20. The molecule has 110 valence electrons. The van der Waals surface area contributed by atoms with Crippen molar-refractivity contribution in [3.8, 4) is 0 Å². The highest BCUT2D eigenvalue weighted by Crippen LogP contribution is 2.34. The van der Waals surface area contributed by atoms with Crippen molar-refractivity contribution in [3.05, 3.63) is 0 Å². The summed E-state index contributed by atoms with van der Waals surface area (Å²) in [4.78, 5) is 27.0. The molecule has 1 N–H and O–H groups in total. The Labute approximate surface area is 115 Å². The average Bonchev–Trinajstić information content (AvgIpc) is 2.83. The summed E-state index contributed by atoms with van der Waals surface area (Å²) in [5.41, 5.74) is -0.736. The van der Waals surface area contributed by atoms with Crippen molar-refractivity contribution in [2.45, 2.75) is 46.0 Å². The second-order valence-electron chi connectivity index (χ2n) is 5.52. The molecule has 2 amide bonds. The van der Waals surface area contributed by atoms with E-state index >= 15 is 0 Å². The van der Waals surface area contributed by atoms with E-state index in [0.29, 0.717) is 25.9 Å². The van der Waals surface area contributed by atoms with Crippen LogP contribution in [-0.2, 0) is 4.79 Å². The maximum absolute atomic E-state index is 12.2. The van der Waals surface area contributed by atoms with Crippen molar-refractivity contribution in [2.75, 3.05) is 26.7 Å².